The van der Waals surface area contributed by atoms with E-state index in [4.69, 9.17) is 0 Å². The molecule has 0 bridgehead atoms. The average molecular weight is 135 g/mol. The first-order valence-electron chi connectivity index (χ1n) is 4.20. The van der Waals surface area contributed by atoms with Gasteiger partial charge in [-0.15, -0.1) is 0 Å². The van der Waals surface area contributed by atoms with Crippen molar-refractivity contribution in [3.05, 3.63) is 24.3 Å². The monoisotopic (exact) mass is 135 g/mol. The van der Waals surface area contributed by atoms with Gasteiger partial charge in [-0.05, 0) is 44.6 Å². The lowest BCUT2D eigenvalue weighted by molar-refractivity contribution is 0.806. The molecule has 55 valence electrons. The second-order valence-corrected chi connectivity index (χ2v) is 2.70. The van der Waals surface area contributed by atoms with Crippen molar-refractivity contribution in [3.8, 4) is 0 Å². The Balaban J connectivity index is 2.22. The Kier molecular flexibility index (Phi) is 4.00. The molecule has 1 radical (unpaired) electrons. The molecule has 0 heteroatoms. The lowest BCUT2D eigenvalue weighted by Gasteiger charge is -1.95. The highest BCUT2D eigenvalue weighted by Gasteiger charge is 1.85. The third kappa shape index (κ3) is 3.49. The quantitative estimate of drug-likeness (QED) is 0.447. The summed E-state index contributed by atoms with van der Waals surface area (Å²) in [6.07, 6.45) is 17.5. The van der Waals surface area contributed by atoms with E-state index in [1.807, 2.05) is 0 Å². The van der Waals surface area contributed by atoms with Crippen LogP contribution in [0.2, 0.25) is 0 Å². The highest BCUT2D eigenvalue weighted by molar-refractivity contribution is 4.85. The molecule has 0 spiro atoms. The molecular weight excluding hydrogens is 120 g/mol. The van der Waals surface area contributed by atoms with Gasteiger partial charge in [0, 0.05) is 0 Å². The Bertz CT molecular complexity index is 92.0. The van der Waals surface area contributed by atoms with Crippen LogP contribution in [0.3, 0.4) is 0 Å². The maximum atomic E-state index is 3.30. The zero-order valence-corrected chi connectivity index (χ0v) is 6.47. The van der Waals surface area contributed by atoms with Gasteiger partial charge >= 0.3 is 0 Å². The summed E-state index contributed by atoms with van der Waals surface area (Å²) in [4.78, 5) is 0. The summed E-state index contributed by atoms with van der Waals surface area (Å²) in [5.41, 5.74) is 0. The van der Waals surface area contributed by atoms with Crippen molar-refractivity contribution in [3.63, 3.8) is 0 Å². The number of hydrogen-bond donors (Lipinski definition) is 0. The van der Waals surface area contributed by atoms with E-state index in [2.05, 4.69) is 24.3 Å². The Morgan fingerprint density at radius 1 is 0.900 bits per heavy atom. The van der Waals surface area contributed by atoms with Gasteiger partial charge in [0.1, 0.15) is 0 Å². The molecule has 1 aliphatic rings. The molecule has 0 atom stereocenters. The highest BCUT2D eigenvalue weighted by atomic mass is 13.9. The predicted octanol–water partition coefficient (Wildman–Crippen LogP) is 3.26. The van der Waals surface area contributed by atoms with Crippen molar-refractivity contribution in [1.82, 2.24) is 0 Å². The Morgan fingerprint density at radius 2 is 1.70 bits per heavy atom. The van der Waals surface area contributed by atoms with E-state index in [0.29, 0.717) is 0 Å². The van der Waals surface area contributed by atoms with Crippen molar-refractivity contribution in [1.29, 1.82) is 0 Å². The molecule has 0 aromatic carbocycles. The average Bonchev–Trinajstić information content (AvgIpc) is 2.01. The van der Waals surface area contributed by atoms with Crippen molar-refractivity contribution in [2.45, 2.75) is 38.5 Å². The molecule has 0 aliphatic heterocycles. The molecule has 0 aromatic rings. The number of rotatable bonds is 0. The maximum Gasteiger partial charge on any atom is -0.0276 e. The van der Waals surface area contributed by atoms with Gasteiger partial charge in [0.2, 0.25) is 0 Å². The molecule has 1 aliphatic carbocycles. The maximum absolute atomic E-state index is 3.30. The van der Waals surface area contributed by atoms with E-state index in [1.165, 1.54) is 32.1 Å². The minimum Gasteiger partial charge on any atom is -0.0885 e. The second-order valence-electron chi connectivity index (χ2n) is 2.70. The van der Waals surface area contributed by atoms with Gasteiger partial charge in [-0.2, -0.15) is 0 Å². The van der Waals surface area contributed by atoms with E-state index in [-0.39, 0.29) is 0 Å². The van der Waals surface area contributed by atoms with Gasteiger partial charge in [-0.1, -0.05) is 18.2 Å². The summed E-state index contributed by atoms with van der Waals surface area (Å²) in [5, 5.41) is 0. The molecule has 0 aromatic heterocycles. The van der Waals surface area contributed by atoms with Crippen LogP contribution in [-0.2, 0) is 0 Å². The van der Waals surface area contributed by atoms with Crippen LogP contribution >= 0.6 is 0 Å². The third-order valence-electron chi connectivity index (χ3n) is 1.72. The molecule has 0 unspecified atom stereocenters. The minimum absolute atomic E-state index is 1.14. The molecule has 1 rings (SSSR count). The van der Waals surface area contributed by atoms with Crippen molar-refractivity contribution < 1.29 is 0 Å². The Hall–Kier alpha value is -0.520. The fourth-order valence-electron chi connectivity index (χ4n) is 1.10. The Labute approximate surface area is 63.6 Å². The van der Waals surface area contributed by atoms with Crippen LogP contribution in [0.15, 0.2) is 18.2 Å². The van der Waals surface area contributed by atoms with Crippen molar-refractivity contribution in [2.24, 2.45) is 0 Å². The largest absolute Gasteiger partial charge is 0.0885 e. The summed E-state index contributed by atoms with van der Waals surface area (Å²) in [7, 11) is 0. The lowest BCUT2D eigenvalue weighted by atomic mass is 10.1. The second kappa shape index (κ2) is 5.28. The first-order valence-corrected chi connectivity index (χ1v) is 4.20. The zero-order chi connectivity index (χ0) is 7.07. The van der Waals surface area contributed by atoms with Crippen molar-refractivity contribution in [2.75, 3.05) is 0 Å². The van der Waals surface area contributed by atoms with Gasteiger partial charge in [0.25, 0.3) is 0 Å². The third-order valence-corrected chi connectivity index (χ3v) is 1.72. The van der Waals surface area contributed by atoms with Gasteiger partial charge in [0.05, 0.1) is 0 Å². The molecule has 0 fully saturated rings. The molecule has 10 heavy (non-hydrogen) atoms. The first-order chi connectivity index (χ1) is 5.00. The number of allylic oxidation sites excluding steroid dienone is 4. The zero-order valence-electron chi connectivity index (χ0n) is 6.47. The normalized spacial score (nSPS) is 20.8. The van der Waals surface area contributed by atoms with Gasteiger partial charge in [-0.25, -0.2) is 0 Å². The van der Waals surface area contributed by atoms with Crippen LogP contribution in [-0.4, -0.2) is 0 Å². The van der Waals surface area contributed by atoms with Crippen molar-refractivity contribution >= 4 is 0 Å². The lowest BCUT2D eigenvalue weighted by Crippen LogP contribution is -1.75. The molecule has 0 saturated carbocycles. The topological polar surface area (TPSA) is 0 Å². The van der Waals surface area contributed by atoms with E-state index in [1.54, 1.807) is 0 Å². The van der Waals surface area contributed by atoms with E-state index >= 15 is 0 Å². The molecule has 0 nitrogen and oxygen atoms in total. The Morgan fingerprint density at radius 3 is 2.60 bits per heavy atom. The van der Waals surface area contributed by atoms with Gasteiger partial charge < -0.3 is 0 Å². The smallest absolute Gasteiger partial charge is 0.0276 e. The van der Waals surface area contributed by atoms with Gasteiger partial charge in [-0.3, -0.25) is 0 Å². The molecule has 0 heterocycles. The minimum atomic E-state index is 1.14. The van der Waals surface area contributed by atoms with E-state index in [0.717, 1.165) is 6.42 Å². The summed E-state index contributed by atoms with van der Waals surface area (Å²) in [5.74, 6) is 0. The van der Waals surface area contributed by atoms with E-state index < -0.39 is 0 Å². The summed E-state index contributed by atoms with van der Waals surface area (Å²) in [6, 6.07) is 0. The van der Waals surface area contributed by atoms with E-state index in [9.17, 15) is 0 Å². The van der Waals surface area contributed by atoms with Crippen LogP contribution in [0.1, 0.15) is 38.5 Å². The highest BCUT2D eigenvalue weighted by Crippen LogP contribution is 2.04. The summed E-state index contributed by atoms with van der Waals surface area (Å²) in [6.45, 7) is 0. The van der Waals surface area contributed by atoms with Crippen LogP contribution < -0.4 is 0 Å². The van der Waals surface area contributed by atoms with Gasteiger partial charge in [0.15, 0.2) is 0 Å². The van der Waals surface area contributed by atoms with Crippen LogP contribution in [0.25, 0.3) is 0 Å². The SMILES string of the molecule is [C]1=CCCCC=CCCC1. The molecule has 0 amide bonds. The van der Waals surface area contributed by atoms with Crippen LogP contribution in [0.4, 0.5) is 0 Å². The molecule has 0 N–H and O–H groups in total. The molecular formula is C10H15. The first kappa shape index (κ1) is 7.59. The fraction of sp³-hybridized carbons (Fsp3) is 0.600. The fourth-order valence-corrected chi connectivity index (χ4v) is 1.10. The number of hydrogen-bond acceptors (Lipinski definition) is 0. The summed E-state index contributed by atoms with van der Waals surface area (Å²) < 4.78 is 0. The van der Waals surface area contributed by atoms with Crippen LogP contribution in [0.5, 0.6) is 0 Å². The molecule has 0 saturated heterocycles. The van der Waals surface area contributed by atoms with Crippen LogP contribution in [0, 0.1) is 6.08 Å². The predicted molar refractivity (Wildman–Crippen MR) is 44.7 cm³/mol. The summed E-state index contributed by atoms with van der Waals surface area (Å²) >= 11 is 0. The standard InChI is InChI=1S/C10H15/c1-2-4-6-8-10-9-7-5-3-1/h1-2,9H,3-8H2.